The van der Waals surface area contributed by atoms with Crippen LogP contribution in [0.4, 0.5) is 4.39 Å². The molecule has 6 heteroatoms. The molecule has 0 saturated carbocycles. The number of nitrogens with zero attached hydrogens (tertiary/aromatic N) is 1. The van der Waals surface area contributed by atoms with Crippen LogP contribution in [-0.4, -0.2) is 56.0 Å². The zero-order valence-corrected chi connectivity index (χ0v) is 10.7. The highest BCUT2D eigenvalue weighted by molar-refractivity contribution is 5.85. The van der Waals surface area contributed by atoms with Gasteiger partial charge in [0.1, 0.15) is 12.3 Å². The molecule has 92 valence electrons. The van der Waals surface area contributed by atoms with E-state index in [1.165, 1.54) is 0 Å². The Morgan fingerprint density at radius 3 is 2.27 bits per heavy atom. The molecule has 0 aromatic rings. The maximum Gasteiger partial charge on any atom is 0.140 e. The molecule has 2 heterocycles. The molecule has 2 rings (SSSR count). The van der Waals surface area contributed by atoms with Crippen LogP contribution in [0.25, 0.3) is 0 Å². The number of hydrogen-bond acceptors (Lipinski definition) is 3. The van der Waals surface area contributed by atoms with Gasteiger partial charge in [-0.05, 0) is 6.92 Å². The van der Waals surface area contributed by atoms with Crippen molar-refractivity contribution in [3.05, 3.63) is 0 Å². The minimum absolute atomic E-state index is 0. The van der Waals surface area contributed by atoms with Gasteiger partial charge in [-0.1, -0.05) is 0 Å². The molecule has 3 nitrogen and oxygen atoms in total. The maximum absolute atomic E-state index is 13.3. The van der Waals surface area contributed by atoms with Crippen LogP contribution in [0.3, 0.4) is 0 Å². The van der Waals surface area contributed by atoms with Gasteiger partial charge < -0.3 is 10.1 Å². The van der Waals surface area contributed by atoms with Crippen LogP contribution in [0, 0.1) is 0 Å². The number of likely N-dealkylation sites (tertiary alicyclic amines) is 1. The van der Waals surface area contributed by atoms with Crippen molar-refractivity contribution in [3.8, 4) is 0 Å². The van der Waals surface area contributed by atoms with Gasteiger partial charge in [-0.3, -0.25) is 4.90 Å². The quantitative estimate of drug-likeness (QED) is 0.798. The summed E-state index contributed by atoms with van der Waals surface area (Å²) in [6, 6.07) is 0. The molecule has 0 aliphatic carbocycles. The van der Waals surface area contributed by atoms with Crippen molar-refractivity contribution in [1.29, 1.82) is 0 Å². The van der Waals surface area contributed by atoms with E-state index in [1.54, 1.807) is 7.11 Å². The van der Waals surface area contributed by atoms with Crippen LogP contribution in [0.2, 0.25) is 0 Å². The summed E-state index contributed by atoms with van der Waals surface area (Å²) in [5.41, 5.74) is 0.164. The summed E-state index contributed by atoms with van der Waals surface area (Å²) >= 11 is 0. The van der Waals surface area contributed by atoms with Gasteiger partial charge in [0, 0.05) is 38.8 Å². The third kappa shape index (κ3) is 2.74. The number of halogens is 3. The average Bonchev–Trinajstić information content (AvgIpc) is 2.43. The number of alkyl halides is 1. The summed E-state index contributed by atoms with van der Waals surface area (Å²) in [7, 11) is 1.59. The standard InChI is InChI=1S/C9H17FN2O.2ClH/c1-9(5-11-6-9)12-3-7(10)8(4-12)13-2;;/h7-8,11H,3-6H2,1-2H3;2*1H. The normalized spacial score (nSPS) is 33.8. The molecule has 0 amide bonds. The van der Waals surface area contributed by atoms with Gasteiger partial charge in [0.25, 0.3) is 0 Å². The van der Waals surface area contributed by atoms with E-state index < -0.39 is 6.17 Å². The molecule has 0 aromatic carbocycles. The molecule has 2 aliphatic heterocycles. The van der Waals surface area contributed by atoms with Crippen LogP contribution in [0.1, 0.15) is 6.92 Å². The first-order valence-corrected chi connectivity index (χ1v) is 4.78. The van der Waals surface area contributed by atoms with Crippen LogP contribution >= 0.6 is 24.8 Å². The summed E-state index contributed by atoms with van der Waals surface area (Å²) in [6.45, 7) is 5.37. The summed E-state index contributed by atoms with van der Waals surface area (Å²) in [4.78, 5) is 2.20. The Morgan fingerprint density at radius 1 is 1.33 bits per heavy atom. The van der Waals surface area contributed by atoms with Gasteiger partial charge in [-0.2, -0.15) is 0 Å². The van der Waals surface area contributed by atoms with E-state index in [9.17, 15) is 4.39 Å². The van der Waals surface area contributed by atoms with E-state index in [0.29, 0.717) is 6.54 Å². The van der Waals surface area contributed by atoms with E-state index in [4.69, 9.17) is 4.74 Å². The minimum atomic E-state index is -0.817. The molecular formula is C9H19Cl2FN2O. The fraction of sp³-hybridized carbons (Fsp3) is 1.00. The molecule has 2 saturated heterocycles. The number of rotatable bonds is 2. The van der Waals surface area contributed by atoms with E-state index in [-0.39, 0.29) is 36.5 Å². The van der Waals surface area contributed by atoms with Gasteiger partial charge in [-0.25, -0.2) is 4.39 Å². The highest BCUT2D eigenvalue weighted by atomic mass is 35.5. The third-order valence-electron chi connectivity index (χ3n) is 3.28. The molecule has 2 aliphatic rings. The van der Waals surface area contributed by atoms with Crippen LogP contribution < -0.4 is 5.32 Å². The minimum Gasteiger partial charge on any atom is -0.377 e. The largest absolute Gasteiger partial charge is 0.377 e. The number of methoxy groups -OCH3 is 1. The van der Waals surface area contributed by atoms with Gasteiger partial charge in [-0.15, -0.1) is 24.8 Å². The fourth-order valence-electron chi connectivity index (χ4n) is 2.11. The lowest BCUT2D eigenvalue weighted by Crippen LogP contribution is -2.66. The van der Waals surface area contributed by atoms with Crippen LogP contribution in [0.15, 0.2) is 0 Å². The SMILES string of the molecule is COC1CN(C2(C)CNC2)CC1F.Cl.Cl. The number of nitrogens with one attached hydrogen (secondary N) is 1. The molecule has 0 bridgehead atoms. The second kappa shape index (κ2) is 5.64. The van der Waals surface area contributed by atoms with Crippen molar-refractivity contribution < 1.29 is 9.13 Å². The van der Waals surface area contributed by atoms with Crippen LogP contribution in [0.5, 0.6) is 0 Å². The van der Waals surface area contributed by atoms with Gasteiger partial charge in [0.2, 0.25) is 0 Å². The Balaban J connectivity index is 0.000000980. The maximum atomic E-state index is 13.3. The summed E-state index contributed by atoms with van der Waals surface area (Å²) in [6.07, 6.45) is -1.04. The third-order valence-corrected chi connectivity index (χ3v) is 3.28. The Morgan fingerprint density at radius 2 is 1.93 bits per heavy atom. The topological polar surface area (TPSA) is 24.5 Å². The van der Waals surface area contributed by atoms with Crippen molar-refractivity contribution in [2.45, 2.75) is 24.7 Å². The molecule has 2 unspecified atom stereocenters. The summed E-state index contributed by atoms with van der Waals surface area (Å²) in [5, 5.41) is 3.22. The zero-order chi connectivity index (χ0) is 9.47. The van der Waals surface area contributed by atoms with Gasteiger partial charge in [0.05, 0.1) is 0 Å². The zero-order valence-electron chi connectivity index (χ0n) is 9.03. The lowest BCUT2D eigenvalue weighted by molar-refractivity contribution is 0.0434. The first kappa shape index (κ1) is 15.4. The monoisotopic (exact) mass is 260 g/mol. The first-order chi connectivity index (χ1) is 6.15. The van der Waals surface area contributed by atoms with E-state index >= 15 is 0 Å². The van der Waals surface area contributed by atoms with Crippen molar-refractivity contribution in [3.63, 3.8) is 0 Å². The molecule has 1 N–H and O–H groups in total. The summed E-state index contributed by atoms with van der Waals surface area (Å²) in [5.74, 6) is 0. The van der Waals surface area contributed by atoms with Crippen molar-refractivity contribution >= 4 is 24.8 Å². The Labute approximate surface area is 103 Å². The van der Waals surface area contributed by atoms with Gasteiger partial charge >= 0.3 is 0 Å². The molecule has 0 aromatic heterocycles. The van der Waals surface area contributed by atoms with E-state index in [0.717, 1.165) is 19.6 Å². The fourth-order valence-corrected chi connectivity index (χ4v) is 2.11. The second-order valence-electron chi connectivity index (χ2n) is 4.30. The molecule has 2 atom stereocenters. The number of ether oxygens (including phenoxy) is 1. The lowest BCUT2D eigenvalue weighted by atomic mass is 9.93. The predicted octanol–water partition coefficient (Wildman–Crippen LogP) is 0.861. The van der Waals surface area contributed by atoms with Crippen molar-refractivity contribution in [1.82, 2.24) is 10.2 Å². The molecule has 0 spiro atoms. The van der Waals surface area contributed by atoms with Crippen molar-refractivity contribution in [2.24, 2.45) is 0 Å². The Bertz CT molecular complexity index is 205. The average molecular weight is 261 g/mol. The van der Waals surface area contributed by atoms with Crippen molar-refractivity contribution in [2.75, 3.05) is 33.3 Å². The number of hydrogen-bond donors (Lipinski definition) is 1. The predicted molar refractivity (Wildman–Crippen MR) is 63.0 cm³/mol. The highest BCUT2D eigenvalue weighted by Gasteiger charge is 2.45. The Hall–Kier alpha value is 0.390. The molecule has 15 heavy (non-hydrogen) atoms. The lowest BCUT2D eigenvalue weighted by Gasteiger charge is -2.46. The van der Waals surface area contributed by atoms with E-state index in [1.807, 2.05) is 0 Å². The Kier molecular flexibility index (Phi) is 5.79. The summed E-state index contributed by atoms with van der Waals surface area (Å²) < 4.78 is 18.4. The first-order valence-electron chi connectivity index (χ1n) is 4.78. The molecule has 0 radical (unpaired) electrons. The smallest absolute Gasteiger partial charge is 0.140 e. The van der Waals surface area contributed by atoms with Crippen LogP contribution in [-0.2, 0) is 4.74 Å². The molecule has 2 fully saturated rings. The van der Waals surface area contributed by atoms with E-state index in [2.05, 4.69) is 17.1 Å². The molecular weight excluding hydrogens is 242 g/mol. The highest BCUT2D eigenvalue weighted by Crippen LogP contribution is 2.27. The second-order valence-corrected chi connectivity index (χ2v) is 4.30. The van der Waals surface area contributed by atoms with Gasteiger partial charge in [0.15, 0.2) is 0 Å².